The van der Waals surface area contributed by atoms with Gasteiger partial charge in [0.15, 0.2) is 0 Å². The Morgan fingerprint density at radius 2 is 2.19 bits per heavy atom. The van der Waals surface area contributed by atoms with Gasteiger partial charge in [-0.15, -0.1) is 0 Å². The number of benzene rings is 1. The van der Waals surface area contributed by atoms with Gasteiger partial charge < -0.3 is 15.2 Å². The first-order chi connectivity index (χ1) is 7.65. The minimum Gasteiger partial charge on any atom is -0.389 e. The van der Waals surface area contributed by atoms with Crippen molar-refractivity contribution < 1.29 is 9.84 Å². The van der Waals surface area contributed by atoms with Gasteiger partial charge in [-0.1, -0.05) is 35.3 Å². The molecule has 3 nitrogen and oxygen atoms in total. The fourth-order valence-corrected chi connectivity index (χ4v) is 1.70. The van der Waals surface area contributed by atoms with Gasteiger partial charge in [0.1, 0.15) is 0 Å². The van der Waals surface area contributed by atoms with Crippen LogP contribution in [0.25, 0.3) is 0 Å². The fraction of sp³-hybridized carbons (Fsp3) is 0.455. The summed E-state index contributed by atoms with van der Waals surface area (Å²) < 4.78 is 4.81. The summed E-state index contributed by atoms with van der Waals surface area (Å²) in [5.41, 5.74) is 0.916. The first-order valence-corrected chi connectivity index (χ1v) is 5.71. The van der Waals surface area contributed by atoms with Crippen molar-refractivity contribution in [3.8, 4) is 0 Å². The van der Waals surface area contributed by atoms with E-state index in [1.807, 2.05) is 12.1 Å². The van der Waals surface area contributed by atoms with Crippen LogP contribution in [0.15, 0.2) is 18.2 Å². The van der Waals surface area contributed by atoms with Crippen LogP contribution >= 0.6 is 23.2 Å². The average molecular weight is 264 g/mol. The summed E-state index contributed by atoms with van der Waals surface area (Å²) in [6.45, 7) is 1.34. The van der Waals surface area contributed by atoms with Crippen molar-refractivity contribution in [2.75, 3.05) is 20.3 Å². The smallest absolute Gasteiger partial charge is 0.0897 e. The van der Waals surface area contributed by atoms with Crippen LogP contribution in [0.2, 0.25) is 10.0 Å². The third-order valence-electron chi connectivity index (χ3n) is 2.09. The molecule has 2 N–H and O–H groups in total. The monoisotopic (exact) mass is 263 g/mol. The molecule has 0 aliphatic rings. The van der Waals surface area contributed by atoms with E-state index in [9.17, 15) is 5.11 Å². The molecule has 16 heavy (non-hydrogen) atoms. The lowest BCUT2D eigenvalue weighted by Crippen LogP contribution is -2.29. The zero-order valence-electron chi connectivity index (χ0n) is 9.04. The van der Waals surface area contributed by atoms with E-state index < -0.39 is 6.10 Å². The normalized spacial score (nSPS) is 12.8. The van der Waals surface area contributed by atoms with Crippen molar-refractivity contribution in [3.63, 3.8) is 0 Å². The average Bonchev–Trinajstić information content (AvgIpc) is 2.25. The molecule has 0 aromatic heterocycles. The number of aliphatic hydroxyl groups excluding tert-OH is 1. The Kier molecular flexibility index (Phi) is 6.09. The van der Waals surface area contributed by atoms with Gasteiger partial charge in [-0.05, 0) is 11.6 Å². The molecule has 0 radical (unpaired) electrons. The molecular weight excluding hydrogens is 249 g/mol. The van der Waals surface area contributed by atoms with Crippen LogP contribution in [0, 0.1) is 0 Å². The molecule has 0 spiro atoms. The Morgan fingerprint density at radius 1 is 1.44 bits per heavy atom. The molecular formula is C11H15Cl2NO2. The van der Waals surface area contributed by atoms with Crippen LogP contribution in [0.4, 0.5) is 0 Å². The van der Waals surface area contributed by atoms with Crippen molar-refractivity contribution in [1.29, 1.82) is 0 Å². The molecule has 0 heterocycles. The van der Waals surface area contributed by atoms with Crippen LogP contribution in [0.5, 0.6) is 0 Å². The number of hydrogen-bond donors (Lipinski definition) is 2. The zero-order chi connectivity index (χ0) is 12.0. The molecule has 1 rings (SSSR count). The Labute approximate surface area is 105 Å². The molecule has 0 fully saturated rings. The third-order valence-corrected chi connectivity index (χ3v) is 2.94. The Balaban J connectivity index is 2.40. The van der Waals surface area contributed by atoms with Crippen LogP contribution in [-0.4, -0.2) is 31.5 Å². The Bertz CT molecular complexity index is 334. The zero-order valence-corrected chi connectivity index (χ0v) is 10.6. The molecule has 0 saturated heterocycles. The molecule has 5 heteroatoms. The number of ether oxygens (including phenoxy) is 1. The number of methoxy groups -OCH3 is 1. The number of nitrogens with one attached hydrogen (secondary N) is 1. The SMILES string of the molecule is COCC(O)CNCc1cccc(Cl)c1Cl. The van der Waals surface area contributed by atoms with Crippen molar-refractivity contribution >= 4 is 23.2 Å². The minimum atomic E-state index is -0.511. The summed E-state index contributed by atoms with van der Waals surface area (Å²) in [7, 11) is 1.55. The molecule has 1 unspecified atom stereocenters. The van der Waals surface area contributed by atoms with Crippen LogP contribution in [0.3, 0.4) is 0 Å². The summed E-state index contributed by atoms with van der Waals surface area (Å²) >= 11 is 11.9. The van der Waals surface area contributed by atoms with Gasteiger partial charge in [0.2, 0.25) is 0 Å². The molecule has 0 amide bonds. The molecule has 0 saturated carbocycles. The van der Waals surface area contributed by atoms with Gasteiger partial charge in [-0.2, -0.15) is 0 Å². The second kappa shape index (κ2) is 7.09. The molecule has 90 valence electrons. The van der Waals surface area contributed by atoms with Gasteiger partial charge in [0.05, 0.1) is 22.8 Å². The van der Waals surface area contributed by atoms with Crippen molar-refractivity contribution in [2.45, 2.75) is 12.6 Å². The van der Waals surface area contributed by atoms with E-state index in [1.165, 1.54) is 0 Å². The summed E-state index contributed by atoms with van der Waals surface area (Å²) in [5, 5.41) is 13.6. The van der Waals surface area contributed by atoms with Gasteiger partial charge in [0, 0.05) is 20.2 Å². The lowest BCUT2D eigenvalue weighted by Gasteiger charge is -2.11. The van der Waals surface area contributed by atoms with E-state index in [4.69, 9.17) is 27.9 Å². The predicted octanol–water partition coefficient (Wildman–Crippen LogP) is 2.09. The number of hydrogen-bond acceptors (Lipinski definition) is 3. The Morgan fingerprint density at radius 3 is 2.88 bits per heavy atom. The molecule has 0 aliphatic heterocycles. The highest BCUT2D eigenvalue weighted by Crippen LogP contribution is 2.25. The highest BCUT2D eigenvalue weighted by molar-refractivity contribution is 6.42. The van der Waals surface area contributed by atoms with E-state index in [0.29, 0.717) is 29.7 Å². The summed E-state index contributed by atoms with van der Waals surface area (Å²) in [4.78, 5) is 0. The Hall–Kier alpha value is -0.320. The predicted molar refractivity (Wildman–Crippen MR) is 66.1 cm³/mol. The van der Waals surface area contributed by atoms with Crippen LogP contribution < -0.4 is 5.32 Å². The maximum absolute atomic E-state index is 9.40. The molecule has 0 bridgehead atoms. The van der Waals surface area contributed by atoms with Crippen LogP contribution in [0.1, 0.15) is 5.56 Å². The fourth-order valence-electron chi connectivity index (χ4n) is 1.31. The van der Waals surface area contributed by atoms with Gasteiger partial charge in [-0.3, -0.25) is 0 Å². The van der Waals surface area contributed by atoms with E-state index >= 15 is 0 Å². The summed E-state index contributed by atoms with van der Waals surface area (Å²) in [6.07, 6.45) is -0.511. The standard InChI is InChI=1S/C11H15Cl2NO2/c1-16-7-9(15)6-14-5-8-3-2-4-10(12)11(8)13/h2-4,9,14-15H,5-7H2,1H3. The highest BCUT2D eigenvalue weighted by atomic mass is 35.5. The van der Waals surface area contributed by atoms with E-state index in [0.717, 1.165) is 5.56 Å². The second-order valence-electron chi connectivity index (χ2n) is 3.45. The number of rotatable bonds is 6. The van der Waals surface area contributed by atoms with E-state index in [1.54, 1.807) is 13.2 Å². The molecule has 0 aliphatic carbocycles. The van der Waals surface area contributed by atoms with Crippen molar-refractivity contribution in [3.05, 3.63) is 33.8 Å². The maximum atomic E-state index is 9.40. The highest BCUT2D eigenvalue weighted by Gasteiger charge is 2.06. The number of aliphatic hydroxyl groups is 1. The minimum absolute atomic E-state index is 0.316. The van der Waals surface area contributed by atoms with Crippen LogP contribution in [-0.2, 0) is 11.3 Å². The second-order valence-corrected chi connectivity index (χ2v) is 4.24. The van der Waals surface area contributed by atoms with Gasteiger partial charge >= 0.3 is 0 Å². The lowest BCUT2D eigenvalue weighted by atomic mass is 10.2. The van der Waals surface area contributed by atoms with Gasteiger partial charge in [-0.25, -0.2) is 0 Å². The van der Waals surface area contributed by atoms with E-state index in [-0.39, 0.29) is 0 Å². The summed E-state index contributed by atoms with van der Waals surface area (Å²) in [5.74, 6) is 0. The lowest BCUT2D eigenvalue weighted by molar-refractivity contribution is 0.0644. The molecule has 1 atom stereocenters. The largest absolute Gasteiger partial charge is 0.389 e. The van der Waals surface area contributed by atoms with Crippen molar-refractivity contribution in [2.24, 2.45) is 0 Å². The summed E-state index contributed by atoms with van der Waals surface area (Å²) in [6, 6.07) is 5.48. The first kappa shape index (κ1) is 13.7. The van der Waals surface area contributed by atoms with Crippen molar-refractivity contribution in [1.82, 2.24) is 5.32 Å². The maximum Gasteiger partial charge on any atom is 0.0897 e. The quantitative estimate of drug-likeness (QED) is 0.826. The molecule has 1 aromatic rings. The topological polar surface area (TPSA) is 41.5 Å². The molecule has 1 aromatic carbocycles. The van der Waals surface area contributed by atoms with E-state index in [2.05, 4.69) is 5.32 Å². The first-order valence-electron chi connectivity index (χ1n) is 4.95. The third kappa shape index (κ3) is 4.28. The van der Waals surface area contributed by atoms with Gasteiger partial charge in [0.25, 0.3) is 0 Å². The number of halogens is 2.